The first kappa shape index (κ1) is 25.5. The molecule has 1 N–H and O–H groups in total. The van der Waals surface area contributed by atoms with Gasteiger partial charge in [0.05, 0.1) is 31.8 Å². The molecule has 0 aliphatic rings. The number of nitrogens with zero attached hydrogens (tertiary/aromatic N) is 1. The lowest BCUT2D eigenvalue weighted by molar-refractivity contribution is -0.121. The van der Waals surface area contributed by atoms with E-state index in [-0.39, 0.29) is 23.5 Å². The maximum Gasteiger partial charge on any atom is 0.243 e. The van der Waals surface area contributed by atoms with E-state index in [1.54, 1.807) is 0 Å². The Bertz CT molecular complexity index is 990. The van der Waals surface area contributed by atoms with Crippen LogP contribution in [0.4, 0.5) is 0 Å². The summed E-state index contributed by atoms with van der Waals surface area (Å²) in [5.41, 5.74) is 1.14. The maximum absolute atomic E-state index is 12.8. The van der Waals surface area contributed by atoms with Crippen LogP contribution in [-0.2, 0) is 21.2 Å². The van der Waals surface area contributed by atoms with Crippen molar-refractivity contribution in [1.82, 2.24) is 9.62 Å². The van der Waals surface area contributed by atoms with Crippen molar-refractivity contribution in [2.45, 2.75) is 37.7 Å². The van der Waals surface area contributed by atoms with Crippen molar-refractivity contribution in [3.05, 3.63) is 48.0 Å². The van der Waals surface area contributed by atoms with Crippen molar-refractivity contribution < 1.29 is 27.4 Å². The number of rotatable bonds is 12. The summed E-state index contributed by atoms with van der Waals surface area (Å²) in [5, 5.41) is 2.77. The summed E-state index contributed by atoms with van der Waals surface area (Å²) >= 11 is 0. The molecule has 176 valence electrons. The van der Waals surface area contributed by atoms with E-state index in [0.717, 1.165) is 28.5 Å². The van der Waals surface area contributed by atoms with Crippen molar-refractivity contribution in [3.63, 3.8) is 0 Å². The lowest BCUT2D eigenvalue weighted by Crippen LogP contribution is -2.38. The Kier molecular flexibility index (Phi) is 9.34. The van der Waals surface area contributed by atoms with Gasteiger partial charge in [0.25, 0.3) is 0 Å². The van der Waals surface area contributed by atoms with Gasteiger partial charge < -0.3 is 19.5 Å². The van der Waals surface area contributed by atoms with Gasteiger partial charge in [-0.2, -0.15) is 4.31 Å². The van der Waals surface area contributed by atoms with E-state index in [4.69, 9.17) is 14.2 Å². The standard InChI is InChI=1S/C23H32N2O6S/c1-17(2)31-19-10-8-18(9-11-19)7-6-14-24-23(26)16-25(3)32(27,28)20-12-13-21(29-4)22(15-20)30-5/h8-13,15,17H,6-7,14,16H2,1-5H3,(H,24,26). The first-order valence-electron chi connectivity index (χ1n) is 10.4. The second kappa shape index (κ2) is 11.7. The third-order valence-electron chi connectivity index (χ3n) is 4.69. The lowest BCUT2D eigenvalue weighted by atomic mass is 10.1. The average molecular weight is 465 g/mol. The molecule has 9 heteroatoms. The number of benzene rings is 2. The molecule has 0 unspecified atom stereocenters. The highest BCUT2D eigenvalue weighted by molar-refractivity contribution is 7.89. The van der Waals surface area contributed by atoms with Crippen LogP contribution in [0.3, 0.4) is 0 Å². The summed E-state index contributed by atoms with van der Waals surface area (Å²) in [4.78, 5) is 12.3. The van der Waals surface area contributed by atoms with Gasteiger partial charge in [0.1, 0.15) is 5.75 Å². The molecule has 0 fully saturated rings. The third kappa shape index (κ3) is 7.13. The zero-order valence-electron chi connectivity index (χ0n) is 19.3. The molecule has 2 aromatic rings. The number of amides is 1. The number of methoxy groups -OCH3 is 2. The van der Waals surface area contributed by atoms with Crippen LogP contribution in [0.25, 0.3) is 0 Å². The molecular weight excluding hydrogens is 432 g/mol. The van der Waals surface area contributed by atoms with E-state index in [2.05, 4.69) is 5.32 Å². The zero-order chi connectivity index (χ0) is 23.7. The molecule has 2 rings (SSSR count). The number of nitrogens with one attached hydrogen (secondary N) is 1. The van der Waals surface area contributed by atoms with Crippen molar-refractivity contribution in [2.24, 2.45) is 0 Å². The Morgan fingerprint density at radius 2 is 1.69 bits per heavy atom. The molecule has 32 heavy (non-hydrogen) atoms. The second-order valence-electron chi connectivity index (χ2n) is 7.54. The maximum atomic E-state index is 12.8. The van der Waals surface area contributed by atoms with Crippen LogP contribution in [0, 0.1) is 0 Å². The molecule has 0 aliphatic carbocycles. The molecule has 0 spiro atoms. The summed E-state index contributed by atoms with van der Waals surface area (Å²) in [7, 11) is 0.415. The van der Waals surface area contributed by atoms with E-state index in [1.165, 1.54) is 39.5 Å². The topological polar surface area (TPSA) is 94.2 Å². The molecule has 0 heterocycles. The number of sulfonamides is 1. The molecule has 0 saturated carbocycles. The number of hydrogen-bond acceptors (Lipinski definition) is 6. The van der Waals surface area contributed by atoms with Crippen molar-refractivity contribution in [1.29, 1.82) is 0 Å². The molecule has 1 amide bonds. The monoisotopic (exact) mass is 464 g/mol. The number of hydrogen-bond donors (Lipinski definition) is 1. The Hall–Kier alpha value is -2.78. The molecule has 0 saturated heterocycles. The van der Waals surface area contributed by atoms with Crippen LogP contribution >= 0.6 is 0 Å². The Morgan fingerprint density at radius 1 is 1.03 bits per heavy atom. The predicted molar refractivity (Wildman–Crippen MR) is 123 cm³/mol. The zero-order valence-corrected chi connectivity index (χ0v) is 20.1. The van der Waals surface area contributed by atoms with Gasteiger partial charge in [-0.05, 0) is 56.5 Å². The van der Waals surface area contributed by atoms with Crippen LogP contribution in [-0.4, -0.2) is 59.1 Å². The van der Waals surface area contributed by atoms with Crippen molar-refractivity contribution in [3.8, 4) is 17.2 Å². The normalized spacial score (nSPS) is 11.5. The SMILES string of the molecule is COc1ccc(S(=O)(=O)N(C)CC(=O)NCCCc2ccc(OC(C)C)cc2)cc1OC. The summed E-state index contributed by atoms with van der Waals surface area (Å²) < 4.78 is 42.5. The summed E-state index contributed by atoms with van der Waals surface area (Å²) in [6.45, 7) is 4.13. The predicted octanol–water partition coefficient (Wildman–Crippen LogP) is 2.86. The third-order valence-corrected chi connectivity index (χ3v) is 6.49. The molecular formula is C23H32N2O6S. The molecule has 0 aromatic heterocycles. The van der Waals surface area contributed by atoms with Crippen LogP contribution in [0.15, 0.2) is 47.4 Å². The van der Waals surface area contributed by atoms with Gasteiger partial charge in [0.15, 0.2) is 11.5 Å². The molecule has 0 aliphatic heterocycles. The first-order chi connectivity index (χ1) is 15.2. The Balaban J connectivity index is 1.83. The summed E-state index contributed by atoms with van der Waals surface area (Å²) in [6, 6.07) is 12.2. The quantitative estimate of drug-likeness (QED) is 0.486. The minimum Gasteiger partial charge on any atom is -0.493 e. The number of carbonyl (C=O) groups is 1. The van der Waals surface area contributed by atoms with Gasteiger partial charge in [-0.3, -0.25) is 4.79 Å². The van der Waals surface area contributed by atoms with Crippen molar-refractivity contribution >= 4 is 15.9 Å². The number of aryl methyl sites for hydroxylation is 1. The Labute approximate surface area is 190 Å². The van der Waals surface area contributed by atoms with Gasteiger partial charge >= 0.3 is 0 Å². The van der Waals surface area contributed by atoms with Crippen LogP contribution < -0.4 is 19.5 Å². The summed E-state index contributed by atoms with van der Waals surface area (Å²) in [6.07, 6.45) is 1.66. The van der Waals surface area contributed by atoms with E-state index in [9.17, 15) is 13.2 Å². The minimum atomic E-state index is -3.85. The van der Waals surface area contributed by atoms with E-state index < -0.39 is 10.0 Å². The second-order valence-corrected chi connectivity index (χ2v) is 9.59. The molecule has 0 radical (unpaired) electrons. The van der Waals surface area contributed by atoms with Crippen molar-refractivity contribution in [2.75, 3.05) is 34.4 Å². The van der Waals surface area contributed by atoms with E-state index in [1.807, 2.05) is 38.1 Å². The van der Waals surface area contributed by atoms with E-state index >= 15 is 0 Å². The fourth-order valence-electron chi connectivity index (χ4n) is 3.03. The fraction of sp³-hybridized carbons (Fsp3) is 0.435. The number of carbonyl (C=O) groups excluding carboxylic acids is 1. The molecule has 0 bridgehead atoms. The Morgan fingerprint density at radius 3 is 2.28 bits per heavy atom. The average Bonchev–Trinajstić information content (AvgIpc) is 2.76. The fourth-order valence-corrected chi connectivity index (χ4v) is 4.17. The minimum absolute atomic E-state index is 0.0235. The first-order valence-corrected chi connectivity index (χ1v) is 11.8. The lowest BCUT2D eigenvalue weighted by Gasteiger charge is -2.18. The van der Waals surface area contributed by atoms with Gasteiger partial charge in [-0.15, -0.1) is 0 Å². The smallest absolute Gasteiger partial charge is 0.243 e. The molecule has 8 nitrogen and oxygen atoms in total. The van der Waals surface area contributed by atoms with Gasteiger partial charge in [0.2, 0.25) is 15.9 Å². The van der Waals surface area contributed by atoms with Crippen LogP contribution in [0.2, 0.25) is 0 Å². The highest BCUT2D eigenvalue weighted by Gasteiger charge is 2.24. The largest absolute Gasteiger partial charge is 0.493 e. The van der Waals surface area contributed by atoms with Crippen LogP contribution in [0.5, 0.6) is 17.2 Å². The summed E-state index contributed by atoms with van der Waals surface area (Å²) in [5.74, 6) is 1.19. The highest BCUT2D eigenvalue weighted by atomic mass is 32.2. The molecule has 2 aromatic carbocycles. The van der Waals surface area contributed by atoms with Gasteiger partial charge in [0, 0.05) is 19.7 Å². The van der Waals surface area contributed by atoms with E-state index in [0.29, 0.717) is 18.0 Å². The number of ether oxygens (including phenoxy) is 3. The molecule has 0 atom stereocenters. The highest BCUT2D eigenvalue weighted by Crippen LogP contribution is 2.30. The number of likely N-dealkylation sites (N-methyl/N-ethyl adjacent to an activating group) is 1. The van der Waals surface area contributed by atoms with Crippen LogP contribution in [0.1, 0.15) is 25.8 Å². The van der Waals surface area contributed by atoms with Gasteiger partial charge in [-0.1, -0.05) is 12.1 Å². The van der Waals surface area contributed by atoms with Gasteiger partial charge in [-0.25, -0.2) is 8.42 Å².